The van der Waals surface area contributed by atoms with Gasteiger partial charge in [0.1, 0.15) is 5.60 Å². The standard InChI is InChI=1S/C12H25NO.Lu/c1-6-8-12(14,9-7-2)11(5)13-10(3)4;/h10,14H,6-9H2,1-5H3;. The molecule has 3 heteroatoms. The summed E-state index contributed by atoms with van der Waals surface area (Å²) in [4.78, 5) is 4.45. The van der Waals surface area contributed by atoms with Gasteiger partial charge in [-0.15, -0.1) is 0 Å². The fraction of sp³-hybridized carbons (Fsp3) is 0.917. The van der Waals surface area contributed by atoms with E-state index in [1.54, 1.807) is 0 Å². The van der Waals surface area contributed by atoms with Crippen LogP contribution < -0.4 is 0 Å². The van der Waals surface area contributed by atoms with E-state index in [2.05, 4.69) is 18.8 Å². The zero-order chi connectivity index (χ0) is 11.2. The van der Waals surface area contributed by atoms with E-state index in [9.17, 15) is 5.11 Å². The Morgan fingerprint density at radius 3 is 1.87 bits per heavy atom. The Kier molecular flexibility index (Phi) is 10.9. The number of aliphatic imine (C=N–C) groups is 1. The summed E-state index contributed by atoms with van der Waals surface area (Å²) in [6.45, 7) is 10.2. The third-order valence-corrected chi connectivity index (χ3v) is 2.45. The molecular formula is C12H25LuNO. The molecule has 0 amide bonds. The maximum absolute atomic E-state index is 10.4. The van der Waals surface area contributed by atoms with Gasteiger partial charge in [0.25, 0.3) is 0 Å². The van der Waals surface area contributed by atoms with Crippen LogP contribution in [0.2, 0.25) is 0 Å². The summed E-state index contributed by atoms with van der Waals surface area (Å²) < 4.78 is 0. The largest absolute Gasteiger partial charge is 0.384 e. The predicted molar refractivity (Wildman–Crippen MR) is 63.0 cm³/mol. The van der Waals surface area contributed by atoms with E-state index in [0.29, 0.717) is 0 Å². The second-order valence-corrected chi connectivity index (χ2v) is 4.34. The van der Waals surface area contributed by atoms with E-state index in [0.717, 1.165) is 31.4 Å². The van der Waals surface area contributed by atoms with E-state index in [4.69, 9.17) is 0 Å². The third-order valence-electron chi connectivity index (χ3n) is 2.45. The summed E-state index contributed by atoms with van der Waals surface area (Å²) in [6.07, 6.45) is 3.65. The molecule has 0 saturated heterocycles. The molecule has 0 aromatic rings. The second-order valence-electron chi connectivity index (χ2n) is 4.34. The molecule has 1 radical (unpaired) electrons. The van der Waals surface area contributed by atoms with Crippen molar-refractivity contribution in [1.29, 1.82) is 0 Å². The molecule has 2 nitrogen and oxygen atoms in total. The van der Waals surface area contributed by atoms with Gasteiger partial charge in [-0.2, -0.15) is 0 Å². The van der Waals surface area contributed by atoms with Crippen LogP contribution in [0.5, 0.6) is 0 Å². The van der Waals surface area contributed by atoms with Crippen molar-refractivity contribution < 1.29 is 42.0 Å². The van der Waals surface area contributed by atoms with Crippen molar-refractivity contribution in [2.24, 2.45) is 4.99 Å². The first-order chi connectivity index (χ1) is 6.46. The maximum atomic E-state index is 10.4. The molecule has 15 heavy (non-hydrogen) atoms. The Labute approximate surface area is 124 Å². The predicted octanol–water partition coefficient (Wildman–Crippen LogP) is 3.19. The molecule has 0 aromatic heterocycles. The third kappa shape index (κ3) is 6.91. The molecule has 0 unspecified atom stereocenters. The van der Waals surface area contributed by atoms with E-state index in [1.807, 2.05) is 20.8 Å². The minimum Gasteiger partial charge on any atom is -0.384 e. The van der Waals surface area contributed by atoms with Gasteiger partial charge in [0.05, 0.1) is 0 Å². The molecule has 0 bridgehead atoms. The van der Waals surface area contributed by atoms with Crippen molar-refractivity contribution in [3.63, 3.8) is 0 Å². The fourth-order valence-corrected chi connectivity index (χ4v) is 1.82. The average Bonchev–Trinajstić information content (AvgIpc) is 2.03. The van der Waals surface area contributed by atoms with Crippen molar-refractivity contribution in [2.75, 3.05) is 0 Å². The Bertz CT molecular complexity index is 184. The first-order valence-corrected chi connectivity index (χ1v) is 5.73. The first kappa shape index (κ1) is 18.2. The van der Waals surface area contributed by atoms with Crippen LogP contribution in [0.15, 0.2) is 4.99 Å². The summed E-state index contributed by atoms with van der Waals surface area (Å²) in [6, 6.07) is 0.273. The van der Waals surface area contributed by atoms with Crippen molar-refractivity contribution in [1.82, 2.24) is 0 Å². The zero-order valence-electron chi connectivity index (χ0n) is 10.6. The number of hydrogen-bond donors (Lipinski definition) is 1. The van der Waals surface area contributed by atoms with Gasteiger partial charge >= 0.3 is 0 Å². The van der Waals surface area contributed by atoms with Gasteiger partial charge in [0.2, 0.25) is 0 Å². The molecule has 0 aliphatic carbocycles. The summed E-state index contributed by atoms with van der Waals surface area (Å²) >= 11 is 0. The van der Waals surface area contributed by atoms with Gasteiger partial charge in [-0.05, 0) is 33.6 Å². The second kappa shape index (κ2) is 8.95. The molecule has 0 aliphatic heterocycles. The van der Waals surface area contributed by atoms with Crippen molar-refractivity contribution >= 4 is 5.71 Å². The summed E-state index contributed by atoms with van der Waals surface area (Å²) in [5, 5.41) is 10.4. The molecule has 1 N–H and O–H groups in total. The van der Waals surface area contributed by atoms with E-state index >= 15 is 0 Å². The quantitative estimate of drug-likeness (QED) is 0.712. The number of nitrogens with zero attached hydrogens (tertiary/aromatic N) is 1. The zero-order valence-corrected chi connectivity index (χ0v) is 12.2. The van der Waals surface area contributed by atoms with Gasteiger partial charge in [0.15, 0.2) is 0 Å². The molecule has 0 fully saturated rings. The molecule has 0 rings (SSSR count). The van der Waals surface area contributed by atoms with Crippen molar-refractivity contribution in [2.45, 2.75) is 71.9 Å². The monoisotopic (exact) mass is 374 g/mol. The topological polar surface area (TPSA) is 32.6 Å². The normalized spacial score (nSPS) is 12.9. The van der Waals surface area contributed by atoms with Crippen LogP contribution in [0.4, 0.5) is 0 Å². The number of rotatable bonds is 6. The SMILES string of the molecule is CCCC(O)(CCC)C(C)=NC(C)C.[Lu]. The van der Waals surface area contributed by atoms with Crippen molar-refractivity contribution in [3.8, 4) is 0 Å². The average molecular weight is 374 g/mol. The van der Waals surface area contributed by atoms with Crippen LogP contribution >= 0.6 is 0 Å². The smallest absolute Gasteiger partial charge is 0.102 e. The van der Waals surface area contributed by atoms with Crippen molar-refractivity contribution in [3.05, 3.63) is 0 Å². The molecular weight excluding hydrogens is 349 g/mol. The number of aliphatic hydroxyl groups is 1. The molecule has 0 atom stereocenters. The maximum Gasteiger partial charge on any atom is 0.102 e. The van der Waals surface area contributed by atoms with Crippen LogP contribution in [0.3, 0.4) is 0 Å². The molecule has 0 spiro atoms. The Balaban J connectivity index is 0. The minimum atomic E-state index is -0.659. The summed E-state index contributed by atoms with van der Waals surface area (Å²) in [7, 11) is 0. The van der Waals surface area contributed by atoms with Crippen LogP contribution in [0.25, 0.3) is 0 Å². The minimum absolute atomic E-state index is 0. The summed E-state index contributed by atoms with van der Waals surface area (Å²) in [5.74, 6) is 0. The van der Waals surface area contributed by atoms with Crippen LogP contribution in [-0.4, -0.2) is 22.5 Å². The van der Waals surface area contributed by atoms with Gasteiger partial charge in [0, 0.05) is 48.6 Å². The Hall–Kier alpha value is 0.864. The molecule has 99 valence electrons. The van der Waals surface area contributed by atoms with Crippen LogP contribution in [-0.2, 0) is 0 Å². The fourth-order valence-electron chi connectivity index (χ4n) is 1.82. The molecule has 0 aromatic carbocycles. The first-order valence-electron chi connectivity index (χ1n) is 5.73. The summed E-state index contributed by atoms with van der Waals surface area (Å²) in [5.41, 5.74) is 0.240. The van der Waals surface area contributed by atoms with Gasteiger partial charge in [-0.3, -0.25) is 4.99 Å². The molecule has 0 saturated carbocycles. The van der Waals surface area contributed by atoms with E-state index in [-0.39, 0.29) is 42.9 Å². The van der Waals surface area contributed by atoms with Gasteiger partial charge in [-0.1, -0.05) is 26.7 Å². The molecule has 0 aliphatic rings. The van der Waals surface area contributed by atoms with E-state index in [1.165, 1.54) is 0 Å². The Morgan fingerprint density at radius 1 is 1.20 bits per heavy atom. The van der Waals surface area contributed by atoms with Gasteiger partial charge in [-0.25, -0.2) is 0 Å². The molecule has 0 heterocycles. The van der Waals surface area contributed by atoms with Crippen LogP contribution in [0, 0.1) is 36.9 Å². The Morgan fingerprint density at radius 2 is 1.60 bits per heavy atom. The van der Waals surface area contributed by atoms with Gasteiger partial charge < -0.3 is 5.11 Å². The van der Waals surface area contributed by atoms with Crippen LogP contribution in [0.1, 0.15) is 60.3 Å². The van der Waals surface area contributed by atoms with E-state index < -0.39 is 5.60 Å². The number of hydrogen-bond acceptors (Lipinski definition) is 2.